The van der Waals surface area contributed by atoms with E-state index in [1.807, 2.05) is 49.4 Å². The lowest BCUT2D eigenvalue weighted by molar-refractivity contribution is 0.134. The van der Waals surface area contributed by atoms with Gasteiger partial charge in [0, 0.05) is 6.04 Å². The van der Waals surface area contributed by atoms with Gasteiger partial charge in [-0.05, 0) is 24.6 Å². The lowest BCUT2D eigenvalue weighted by Gasteiger charge is -2.20. The van der Waals surface area contributed by atoms with Crippen LogP contribution in [-0.2, 0) is 6.54 Å². The van der Waals surface area contributed by atoms with Crippen molar-refractivity contribution in [3.63, 3.8) is 0 Å². The molecule has 2 aromatic rings. The fourth-order valence-corrected chi connectivity index (χ4v) is 1.73. The fourth-order valence-electron chi connectivity index (χ4n) is 1.73. The van der Waals surface area contributed by atoms with Crippen molar-refractivity contribution >= 4 is 0 Å². The van der Waals surface area contributed by atoms with Gasteiger partial charge in [-0.25, -0.2) is 0 Å². The van der Waals surface area contributed by atoms with Crippen LogP contribution in [0, 0.1) is 0 Å². The molecule has 3 nitrogen and oxygen atoms in total. The Balaban J connectivity index is 1.89. The number of hydrogen-bond acceptors (Lipinski definition) is 3. The zero-order chi connectivity index (χ0) is 12.1. The van der Waals surface area contributed by atoms with Crippen molar-refractivity contribution in [2.24, 2.45) is 0 Å². The summed E-state index contributed by atoms with van der Waals surface area (Å²) in [5, 5.41) is 13.4. The predicted octanol–water partition coefficient (Wildman–Crippen LogP) is 2.49. The van der Waals surface area contributed by atoms with E-state index in [0.717, 1.165) is 11.3 Å². The van der Waals surface area contributed by atoms with E-state index < -0.39 is 6.10 Å². The third-order valence-corrected chi connectivity index (χ3v) is 2.79. The molecule has 90 valence electrons. The minimum Gasteiger partial charge on any atom is -0.468 e. The summed E-state index contributed by atoms with van der Waals surface area (Å²) < 4.78 is 5.23. The number of benzene rings is 1. The van der Waals surface area contributed by atoms with Gasteiger partial charge in [-0.3, -0.25) is 0 Å². The number of rotatable bonds is 5. The van der Waals surface area contributed by atoms with Crippen molar-refractivity contribution in [2.45, 2.75) is 25.6 Å². The molecule has 0 fully saturated rings. The highest BCUT2D eigenvalue weighted by Gasteiger charge is 2.15. The first-order valence-corrected chi connectivity index (χ1v) is 5.76. The van der Waals surface area contributed by atoms with Crippen LogP contribution >= 0.6 is 0 Å². The van der Waals surface area contributed by atoms with E-state index in [-0.39, 0.29) is 6.04 Å². The Morgan fingerprint density at radius 2 is 1.94 bits per heavy atom. The van der Waals surface area contributed by atoms with Crippen molar-refractivity contribution in [3.8, 4) is 0 Å². The van der Waals surface area contributed by atoms with Crippen molar-refractivity contribution in [2.75, 3.05) is 0 Å². The predicted molar refractivity (Wildman–Crippen MR) is 66.4 cm³/mol. The molecule has 1 aromatic carbocycles. The summed E-state index contributed by atoms with van der Waals surface area (Å²) in [6.07, 6.45) is 1.14. The van der Waals surface area contributed by atoms with Crippen molar-refractivity contribution in [3.05, 3.63) is 60.1 Å². The minimum atomic E-state index is -0.508. The Kier molecular flexibility index (Phi) is 3.96. The number of aliphatic hydroxyl groups is 1. The van der Waals surface area contributed by atoms with Crippen LogP contribution in [0.3, 0.4) is 0 Å². The largest absolute Gasteiger partial charge is 0.468 e. The third kappa shape index (κ3) is 3.19. The number of hydrogen-bond donors (Lipinski definition) is 2. The first kappa shape index (κ1) is 11.9. The summed E-state index contributed by atoms with van der Waals surface area (Å²) in [4.78, 5) is 0. The van der Waals surface area contributed by atoms with E-state index in [1.165, 1.54) is 0 Å². The summed E-state index contributed by atoms with van der Waals surface area (Å²) in [6.45, 7) is 2.58. The lowest BCUT2D eigenvalue weighted by Crippen LogP contribution is -2.31. The molecule has 0 aliphatic rings. The van der Waals surface area contributed by atoms with E-state index in [1.54, 1.807) is 6.26 Å². The lowest BCUT2D eigenvalue weighted by atomic mass is 10.0. The molecule has 0 saturated carbocycles. The van der Waals surface area contributed by atoms with E-state index >= 15 is 0 Å². The minimum absolute atomic E-state index is 0.0255. The first-order valence-electron chi connectivity index (χ1n) is 5.76. The van der Waals surface area contributed by atoms with Gasteiger partial charge < -0.3 is 14.8 Å². The van der Waals surface area contributed by atoms with Crippen molar-refractivity contribution in [1.82, 2.24) is 5.32 Å². The molecule has 17 heavy (non-hydrogen) atoms. The molecule has 2 atom stereocenters. The molecule has 2 N–H and O–H groups in total. The quantitative estimate of drug-likeness (QED) is 0.831. The maximum Gasteiger partial charge on any atom is 0.117 e. The van der Waals surface area contributed by atoms with Gasteiger partial charge in [0.15, 0.2) is 0 Å². The van der Waals surface area contributed by atoms with Crippen LogP contribution in [-0.4, -0.2) is 11.1 Å². The molecule has 0 aliphatic carbocycles. The van der Waals surface area contributed by atoms with Gasteiger partial charge in [0.05, 0.1) is 18.9 Å². The second-order valence-electron chi connectivity index (χ2n) is 4.10. The molecule has 0 amide bonds. The molecule has 0 aliphatic heterocycles. The maximum atomic E-state index is 10.1. The van der Waals surface area contributed by atoms with Gasteiger partial charge in [0.1, 0.15) is 5.76 Å². The van der Waals surface area contributed by atoms with E-state index in [9.17, 15) is 5.11 Å². The number of nitrogens with one attached hydrogen (secondary N) is 1. The van der Waals surface area contributed by atoms with Gasteiger partial charge in [0.25, 0.3) is 0 Å². The van der Waals surface area contributed by atoms with Crippen molar-refractivity contribution < 1.29 is 9.52 Å². The highest BCUT2D eigenvalue weighted by Crippen LogP contribution is 2.16. The maximum absolute atomic E-state index is 10.1. The molecule has 0 radical (unpaired) electrons. The van der Waals surface area contributed by atoms with Gasteiger partial charge in [-0.15, -0.1) is 0 Å². The van der Waals surface area contributed by atoms with Gasteiger partial charge in [0.2, 0.25) is 0 Å². The smallest absolute Gasteiger partial charge is 0.117 e. The SMILES string of the molecule is C[C@@H](NCc1ccco1)[C@H](O)c1ccccc1. The molecule has 1 aromatic heterocycles. The van der Waals surface area contributed by atoms with Crippen molar-refractivity contribution in [1.29, 1.82) is 0 Å². The van der Waals surface area contributed by atoms with Crippen LogP contribution in [0.4, 0.5) is 0 Å². The Morgan fingerprint density at radius 1 is 1.18 bits per heavy atom. The molecular weight excluding hydrogens is 214 g/mol. The zero-order valence-electron chi connectivity index (χ0n) is 9.84. The standard InChI is InChI=1S/C14H17NO2/c1-11(15-10-13-8-5-9-17-13)14(16)12-6-3-2-4-7-12/h2-9,11,14-16H,10H2,1H3/t11-,14+/m1/s1. The molecule has 0 unspecified atom stereocenters. The number of furan rings is 1. The highest BCUT2D eigenvalue weighted by molar-refractivity contribution is 5.18. The van der Waals surface area contributed by atoms with Gasteiger partial charge in [-0.2, -0.15) is 0 Å². The van der Waals surface area contributed by atoms with Gasteiger partial charge in [-0.1, -0.05) is 30.3 Å². The molecule has 3 heteroatoms. The molecule has 0 bridgehead atoms. The fraction of sp³-hybridized carbons (Fsp3) is 0.286. The summed E-state index contributed by atoms with van der Waals surface area (Å²) in [5.41, 5.74) is 0.923. The topological polar surface area (TPSA) is 45.4 Å². The zero-order valence-corrected chi connectivity index (χ0v) is 9.84. The van der Waals surface area contributed by atoms with E-state index in [4.69, 9.17) is 4.42 Å². The van der Waals surface area contributed by atoms with Crippen LogP contribution in [0.5, 0.6) is 0 Å². The highest BCUT2D eigenvalue weighted by atomic mass is 16.3. The Hall–Kier alpha value is -1.58. The summed E-state index contributed by atoms with van der Waals surface area (Å²) in [6, 6.07) is 13.4. The van der Waals surface area contributed by atoms with Gasteiger partial charge >= 0.3 is 0 Å². The Morgan fingerprint density at radius 3 is 2.59 bits per heavy atom. The third-order valence-electron chi connectivity index (χ3n) is 2.79. The Labute approximate surface area is 101 Å². The molecule has 0 saturated heterocycles. The summed E-state index contributed by atoms with van der Waals surface area (Å²) in [7, 11) is 0. The Bertz CT molecular complexity index is 425. The van der Waals surface area contributed by atoms with Crippen LogP contribution < -0.4 is 5.32 Å². The van der Waals surface area contributed by atoms with Crippen LogP contribution in [0.25, 0.3) is 0 Å². The molecular formula is C14H17NO2. The average molecular weight is 231 g/mol. The second kappa shape index (κ2) is 5.66. The first-order chi connectivity index (χ1) is 8.27. The molecule has 1 heterocycles. The second-order valence-corrected chi connectivity index (χ2v) is 4.10. The molecule has 2 rings (SSSR count). The van der Waals surface area contributed by atoms with Crippen LogP contribution in [0.15, 0.2) is 53.1 Å². The van der Waals surface area contributed by atoms with E-state index in [2.05, 4.69) is 5.32 Å². The number of aliphatic hydroxyl groups excluding tert-OH is 1. The molecule has 0 spiro atoms. The van der Waals surface area contributed by atoms with Crippen LogP contribution in [0.1, 0.15) is 24.4 Å². The average Bonchev–Trinajstić information content (AvgIpc) is 2.89. The monoisotopic (exact) mass is 231 g/mol. The summed E-state index contributed by atoms with van der Waals surface area (Å²) >= 11 is 0. The summed E-state index contributed by atoms with van der Waals surface area (Å²) in [5.74, 6) is 0.872. The normalized spacial score (nSPS) is 14.5. The van der Waals surface area contributed by atoms with E-state index in [0.29, 0.717) is 6.54 Å². The van der Waals surface area contributed by atoms with Crippen LogP contribution in [0.2, 0.25) is 0 Å².